The van der Waals surface area contributed by atoms with E-state index >= 15 is 0 Å². The summed E-state index contributed by atoms with van der Waals surface area (Å²) in [7, 11) is 0. The van der Waals surface area contributed by atoms with Crippen molar-refractivity contribution in [3.8, 4) is 0 Å². The van der Waals surface area contributed by atoms with Crippen molar-refractivity contribution in [3.05, 3.63) is 59.9 Å². The van der Waals surface area contributed by atoms with Crippen LogP contribution in [0.5, 0.6) is 0 Å². The zero-order valence-electron chi connectivity index (χ0n) is 21.9. The minimum atomic E-state index is -0.750. The molecule has 41 heavy (non-hydrogen) atoms. The first kappa shape index (κ1) is 29.3. The Morgan fingerprint density at radius 2 is 1.27 bits per heavy atom. The molecule has 0 amide bonds. The van der Waals surface area contributed by atoms with Crippen molar-refractivity contribution >= 4 is 73.0 Å². The molecule has 0 bridgehead atoms. The average Bonchev–Trinajstić information content (AvgIpc) is 3.90. The van der Waals surface area contributed by atoms with Gasteiger partial charge in [-0.05, 0) is 31.2 Å². The van der Waals surface area contributed by atoms with Crippen LogP contribution < -0.4 is 11.5 Å². The number of aromatic nitrogens is 8. The predicted octanol–water partition coefficient (Wildman–Crippen LogP) is 4.38. The monoisotopic (exact) mass is 616 g/mol. The number of hydrogen-bond acceptors (Lipinski definition) is 10. The minimum Gasteiger partial charge on any atom is -0.390 e. The molecule has 0 radical (unpaired) electrons. The molecule has 2 aliphatic rings. The highest BCUT2D eigenvalue weighted by Crippen LogP contribution is 2.38. The van der Waals surface area contributed by atoms with Gasteiger partial charge in [0.15, 0.2) is 11.3 Å². The number of ether oxygens (including phenoxy) is 1. The van der Waals surface area contributed by atoms with Crippen molar-refractivity contribution in [1.29, 1.82) is 0 Å². The maximum absolute atomic E-state index is 9.19. The van der Waals surface area contributed by atoms with Gasteiger partial charge >= 0.3 is 4.96 Å². The number of halogens is 3. The SMILES string of the molecule is ClB(Cl)Cl.Nc1ncnc2c1c(CO)nn2C1CC1.Nc1ncnc2c1c(COCc1ccccc1)nn2C1CC1. The lowest BCUT2D eigenvalue weighted by molar-refractivity contribution is 0.105. The number of nitrogen functional groups attached to an aromatic ring is 2. The van der Waals surface area contributed by atoms with Gasteiger partial charge in [-0.25, -0.2) is 29.3 Å². The van der Waals surface area contributed by atoms with E-state index in [0.717, 1.165) is 53.6 Å². The number of rotatable bonds is 7. The smallest absolute Gasteiger partial charge is 0.390 e. The normalized spacial score (nSPS) is 14.3. The van der Waals surface area contributed by atoms with Crippen LogP contribution in [0.3, 0.4) is 0 Å². The summed E-state index contributed by atoms with van der Waals surface area (Å²) in [5.41, 5.74) is 15.8. The maximum Gasteiger partial charge on any atom is 0.450 e. The van der Waals surface area contributed by atoms with Gasteiger partial charge in [-0.15, -0.1) is 0 Å². The topological polar surface area (TPSA) is 169 Å². The summed E-state index contributed by atoms with van der Waals surface area (Å²) in [6.45, 7) is 0.822. The van der Waals surface area contributed by atoms with Gasteiger partial charge in [-0.2, -0.15) is 44.6 Å². The summed E-state index contributed by atoms with van der Waals surface area (Å²) < 4.78 is 9.61. The van der Waals surface area contributed by atoms with E-state index in [1.807, 2.05) is 39.7 Å². The van der Waals surface area contributed by atoms with E-state index in [0.29, 0.717) is 48.0 Å². The molecule has 2 saturated carbocycles. The van der Waals surface area contributed by atoms with E-state index in [2.05, 4.69) is 30.1 Å². The Morgan fingerprint density at radius 3 is 1.76 bits per heavy atom. The van der Waals surface area contributed by atoms with Crippen LogP contribution in [0.1, 0.15) is 54.7 Å². The lowest BCUT2D eigenvalue weighted by Crippen LogP contribution is -1.99. The number of benzene rings is 1. The van der Waals surface area contributed by atoms with Crippen LogP contribution in [0, 0.1) is 0 Å². The van der Waals surface area contributed by atoms with E-state index in [4.69, 9.17) is 50.6 Å². The quantitative estimate of drug-likeness (QED) is 0.223. The van der Waals surface area contributed by atoms with Crippen molar-refractivity contribution in [1.82, 2.24) is 39.5 Å². The number of nitrogens with zero attached hydrogens (tertiary/aromatic N) is 8. The van der Waals surface area contributed by atoms with Crippen LogP contribution in [0.2, 0.25) is 0 Å². The van der Waals surface area contributed by atoms with Crippen LogP contribution in [0.25, 0.3) is 22.1 Å². The Hall–Kier alpha value is -3.23. The molecule has 5 N–H and O–H groups in total. The van der Waals surface area contributed by atoms with E-state index in [1.54, 1.807) is 0 Å². The molecule has 0 spiro atoms. The molecule has 1 aromatic carbocycles. The van der Waals surface area contributed by atoms with E-state index < -0.39 is 4.96 Å². The van der Waals surface area contributed by atoms with Crippen molar-refractivity contribution < 1.29 is 9.84 Å². The lowest BCUT2D eigenvalue weighted by atomic mass is 10.2. The fourth-order valence-electron chi connectivity index (χ4n) is 4.33. The Kier molecular flexibility index (Phi) is 9.41. The molecule has 5 aromatic rings. The van der Waals surface area contributed by atoms with Crippen LogP contribution in [0.15, 0.2) is 43.0 Å². The zero-order chi connectivity index (χ0) is 28.9. The lowest BCUT2D eigenvalue weighted by Gasteiger charge is -2.03. The molecule has 12 nitrogen and oxygen atoms in total. The second-order valence-electron chi connectivity index (χ2n) is 9.54. The molecule has 0 aliphatic heterocycles. The molecular formula is C25H28BCl3N10O2. The van der Waals surface area contributed by atoms with E-state index in [-0.39, 0.29) is 6.61 Å². The van der Waals surface area contributed by atoms with Crippen LogP contribution in [-0.2, 0) is 24.6 Å². The highest BCUT2D eigenvalue weighted by Gasteiger charge is 2.29. The van der Waals surface area contributed by atoms with Gasteiger partial charge in [0, 0.05) is 0 Å². The summed E-state index contributed by atoms with van der Waals surface area (Å²) >= 11 is 14.4. The molecule has 0 unspecified atom stereocenters. The van der Waals surface area contributed by atoms with Gasteiger partial charge in [0.2, 0.25) is 0 Å². The third kappa shape index (κ3) is 7.17. The van der Waals surface area contributed by atoms with Gasteiger partial charge in [0.05, 0.1) is 42.7 Å². The third-order valence-corrected chi connectivity index (χ3v) is 6.47. The van der Waals surface area contributed by atoms with Crippen molar-refractivity contribution in [2.45, 2.75) is 57.6 Å². The molecule has 4 heterocycles. The molecule has 214 valence electrons. The molecular weight excluding hydrogens is 590 g/mol. The zero-order valence-corrected chi connectivity index (χ0v) is 24.2. The van der Waals surface area contributed by atoms with Crippen molar-refractivity contribution in [2.24, 2.45) is 0 Å². The highest BCUT2D eigenvalue weighted by atomic mass is 35.6. The number of fused-ring (bicyclic) bond motifs is 2. The maximum atomic E-state index is 9.19. The summed E-state index contributed by atoms with van der Waals surface area (Å²) in [5.74, 6) is 0.853. The number of hydrogen-bond donors (Lipinski definition) is 3. The summed E-state index contributed by atoms with van der Waals surface area (Å²) in [4.78, 5) is 15.8. The fraction of sp³-hybridized carbons (Fsp3) is 0.360. The predicted molar refractivity (Wildman–Crippen MR) is 160 cm³/mol. The third-order valence-electron chi connectivity index (χ3n) is 6.47. The molecule has 4 aromatic heterocycles. The van der Waals surface area contributed by atoms with Gasteiger partial charge in [-0.1, -0.05) is 30.3 Å². The first-order valence-electron chi connectivity index (χ1n) is 13.0. The molecule has 2 fully saturated rings. The fourth-order valence-corrected chi connectivity index (χ4v) is 4.33. The number of aliphatic hydroxyl groups excluding tert-OH is 1. The van der Waals surface area contributed by atoms with Crippen LogP contribution in [-0.4, -0.2) is 49.6 Å². The summed E-state index contributed by atoms with van der Waals surface area (Å²) in [5, 5.41) is 19.7. The molecule has 2 aliphatic carbocycles. The minimum absolute atomic E-state index is 0.131. The second kappa shape index (κ2) is 13.2. The summed E-state index contributed by atoms with van der Waals surface area (Å²) in [6, 6.07) is 10.9. The Labute approximate surface area is 250 Å². The average molecular weight is 618 g/mol. The highest BCUT2D eigenvalue weighted by molar-refractivity contribution is 7.54. The largest absolute Gasteiger partial charge is 0.450 e. The van der Waals surface area contributed by atoms with Gasteiger partial charge in [0.1, 0.15) is 35.7 Å². The first-order valence-corrected chi connectivity index (χ1v) is 14.3. The number of anilines is 2. The molecule has 7 rings (SSSR count). The number of nitrogens with two attached hydrogens (primary N) is 2. The number of aliphatic hydroxyl groups is 1. The van der Waals surface area contributed by atoms with Crippen molar-refractivity contribution in [3.63, 3.8) is 0 Å². The van der Waals surface area contributed by atoms with Gasteiger partial charge in [0.25, 0.3) is 0 Å². The van der Waals surface area contributed by atoms with Gasteiger partial charge in [-0.3, -0.25) is 0 Å². The summed E-state index contributed by atoms with van der Waals surface area (Å²) in [6.07, 6.45) is 7.44. The van der Waals surface area contributed by atoms with Crippen LogP contribution >= 0.6 is 34.4 Å². The first-order chi connectivity index (χ1) is 19.9. The second-order valence-corrected chi connectivity index (χ2v) is 11.5. The molecule has 0 atom stereocenters. The van der Waals surface area contributed by atoms with E-state index in [9.17, 15) is 5.11 Å². The standard InChI is InChI=1S/C16H17N5O.C9H11N5O.BCl3/c17-15-14-13(9-22-8-11-4-2-1-3-5-11)20-21(12-6-7-12)16(14)19-10-18-15;10-8-7-6(3-15)13-14(5-1-2-5)9(7)12-4-11-8;2-1(3)4/h1-5,10,12H,6-9H2,(H2,17,18,19);4-5,15H,1-3H2,(H2,10,11,12);. The van der Waals surface area contributed by atoms with Gasteiger partial charge < -0.3 is 21.3 Å². The Bertz CT molecular complexity index is 1610. The van der Waals surface area contributed by atoms with Crippen molar-refractivity contribution in [2.75, 3.05) is 11.5 Å². The molecule has 0 saturated heterocycles. The Balaban J connectivity index is 0.000000154. The van der Waals surface area contributed by atoms with Crippen LogP contribution in [0.4, 0.5) is 11.6 Å². The van der Waals surface area contributed by atoms with E-state index in [1.165, 1.54) is 12.7 Å². The molecule has 16 heteroatoms. The Morgan fingerprint density at radius 1 is 0.780 bits per heavy atom.